The topological polar surface area (TPSA) is 35.5 Å². The average Bonchev–Trinajstić information content (AvgIpc) is 2.45. The first-order chi connectivity index (χ1) is 9.20. The van der Waals surface area contributed by atoms with Crippen LogP contribution in [0.3, 0.4) is 0 Å². The molecule has 0 aliphatic rings. The van der Waals surface area contributed by atoms with Gasteiger partial charge in [-0.3, -0.25) is 4.79 Å². The smallest absolute Gasteiger partial charge is 0.200 e. The van der Waals surface area contributed by atoms with Gasteiger partial charge < -0.3 is 9.47 Å². The molecule has 19 heavy (non-hydrogen) atoms. The van der Waals surface area contributed by atoms with Crippen molar-refractivity contribution in [3.63, 3.8) is 0 Å². The van der Waals surface area contributed by atoms with Crippen molar-refractivity contribution in [1.29, 1.82) is 0 Å². The lowest BCUT2D eigenvalue weighted by Gasteiger charge is -2.08. The molecular weight excluding hydrogens is 240 g/mol. The number of methoxy groups -OCH3 is 1. The Balaban J connectivity index is 2.04. The van der Waals surface area contributed by atoms with Crippen LogP contribution in [0.25, 0.3) is 0 Å². The summed E-state index contributed by atoms with van der Waals surface area (Å²) in [6.07, 6.45) is 0. The van der Waals surface area contributed by atoms with E-state index in [1.807, 2.05) is 43.3 Å². The maximum Gasteiger partial charge on any atom is 0.200 e. The van der Waals surface area contributed by atoms with E-state index in [0.717, 1.165) is 11.3 Å². The zero-order chi connectivity index (χ0) is 13.7. The molecule has 98 valence electrons. The molecule has 0 amide bonds. The number of rotatable bonds is 5. The van der Waals surface area contributed by atoms with Crippen molar-refractivity contribution in [1.82, 2.24) is 0 Å². The van der Waals surface area contributed by atoms with Gasteiger partial charge in [0.15, 0.2) is 12.4 Å². The zero-order valence-electron chi connectivity index (χ0n) is 11.1. The van der Waals surface area contributed by atoms with Gasteiger partial charge in [-0.15, -0.1) is 0 Å². The second-order valence-corrected chi connectivity index (χ2v) is 4.21. The van der Waals surface area contributed by atoms with E-state index in [4.69, 9.17) is 9.47 Å². The summed E-state index contributed by atoms with van der Waals surface area (Å²) >= 11 is 0. The highest BCUT2D eigenvalue weighted by atomic mass is 16.5. The fourth-order valence-corrected chi connectivity index (χ4v) is 1.82. The SMILES string of the molecule is COc1ccc(C(=O)COc2ccccc2)c(C)c1. The minimum Gasteiger partial charge on any atom is -0.497 e. The number of hydrogen-bond acceptors (Lipinski definition) is 3. The fraction of sp³-hybridized carbons (Fsp3) is 0.188. The van der Waals surface area contributed by atoms with Gasteiger partial charge in [0.2, 0.25) is 0 Å². The molecule has 0 N–H and O–H groups in total. The first-order valence-electron chi connectivity index (χ1n) is 6.06. The van der Waals surface area contributed by atoms with Crippen molar-refractivity contribution in [3.05, 3.63) is 59.7 Å². The third-order valence-corrected chi connectivity index (χ3v) is 2.85. The van der Waals surface area contributed by atoms with Gasteiger partial charge in [-0.25, -0.2) is 0 Å². The number of aryl methyl sites for hydroxylation is 1. The van der Waals surface area contributed by atoms with Gasteiger partial charge in [0.25, 0.3) is 0 Å². The van der Waals surface area contributed by atoms with Gasteiger partial charge in [-0.1, -0.05) is 18.2 Å². The molecule has 0 bridgehead atoms. The van der Waals surface area contributed by atoms with E-state index in [9.17, 15) is 4.79 Å². The van der Waals surface area contributed by atoms with Crippen LogP contribution in [0.5, 0.6) is 11.5 Å². The normalized spacial score (nSPS) is 10.0. The number of benzene rings is 2. The molecule has 3 heteroatoms. The van der Waals surface area contributed by atoms with Crippen molar-refractivity contribution in [2.24, 2.45) is 0 Å². The van der Waals surface area contributed by atoms with E-state index in [2.05, 4.69) is 0 Å². The number of ether oxygens (including phenoxy) is 2. The van der Waals surface area contributed by atoms with Gasteiger partial charge in [0.05, 0.1) is 7.11 Å². The number of ketones is 1. The second kappa shape index (κ2) is 6.05. The summed E-state index contributed by atoms with van der Waals surface area (Å²) in [6.45, 7) is 1.93. The van der Waals surface area contributed by atoms with E-state index in [1.165, 1.54) is 0 Å². The molecule has 0 spiro atoms. The zero-order valence-corrected chi connectivity index (χ0v) is 11.1. The Hall–Kier alpha value is -2.29. The van der Waals surface area contributed by atoms with E-state index in [1.54, 1.807) is 19.2 Å². The highest BCUT2D eigenvalue weighted by molar-refractivity contribution is 5.98. The molecule has 0 aliphatic heterocycles. The standard InChI is InChI=1S/C16H16O3/c1-12-10-14(18-2)8-9-15(12)16(17)11-19-13-6-4-3-5-7-13/h3-10H,11H2,1-2H3. The van der Waals surface area contributed by atoms with E-state index >= 15 is 0 Å². The molecule has 0 atom stereocenters. The van der Waals surface area contributed by atoms with Gasteiger partial charge in [-0.2, -0.15) is 0 Å². The number of carbonyl (C=O) groups excluding carboxylic acids is 1. The van der Waals surface area contributed by atoms with E-state index < -0.39 is 0 Å². The van der Waals surface area contributed by atoms with Crippen LogP contribution in [0.1, 0.15) is 15.9 Å². The molecular formula is C16H16O3. The summed E-state index contributed by atoms with van der Waals surface area (Å²) in [7, 11) is 1.61. The third-order valence-electron chi connectivity index (χ3n) is 2.85. The number of hydrogen-bond donors (Lipinski definition) is 0. The maximum atomic E-state index is 12.1. The lowest BCUT2D eigenvalue weighted by atomic mass is 10.0. The Kier molecular flexibility index (Phi) is 4.18. The predicted octanol–water partition coefficient (Wildman–Crippen LogP) is 3.27. The Morgan fingerprint density at radius 1 is 1.05 bits per heavy atom. The van der Waals surface area contributed by atoms with Gasteiger partial charge >= 0.3 is 0 Å². The molecule has 0 saturated carbocycles. The maximum absolute atomic E-state index is 12.1. The molecule has 0 saturated heterocycles. The summed E-state index contributed by atoms with van der Waals surface area (Å²) in [5, 5.41) is 0. The van der Waals surface area contributed by atoms with Crippen molar-refractivity contribution >= 4 is 5.78 Å². The van der Waals surface area contributed by atoms with Crippen molar-refractivity contribution in [3.8, 4) is 11.5 Å². The summed E-state index contributed by atoms with van der Waals surface area (Å²) in [6, 6.07) is 14.7. The van der Waals surface area contributed by atoms with E-state index in [0.29, 0.717) is 11.3 Å². The Morgan fingerprint density at radius 3 is 2.42 bits per heavy atom. The highest BCUT2D eigenvalue weighted by Crippen LogP contribution is 2.18. The molecule has 0 radical (unpaired) electrons. The Labute approximate surface area is 112 Å². The van der Waals surface area contributed by atoms with Crippen LogP contribution < -0.4 is 9.47 Å². The van der Waals surface area contributed by atoms with Crippen LogP contribution in [-0.2, 0) is 0 Å². The molecule has 2 aromatic carbocycles. The first-order valence-corrected chi connectivity index (χ1v) is 6.06. The molecule has 3 nitrogen and oxygen atoms in total. The van der Waals surface area contributed by atoms with Crippen LogP contribution in [-0.4, -0.2) is 19.5 Å². The summed E-state index contributed by atoms with van der Waals surface area (Å²) in [5.74, 6) is 1.41. The summed E-state index contributed by atoms with van der Waals surface area (Å²) in [5.41, 5.74) is 1.55. The van der Waals surface area contributed by atoms with Gasteiger partial charge in [0, 0.05) is 5.56 Å². The molecule has 0 aromatic heterocycles. The average molecular weight is 256 g/mol. The van der Waals surface area contributed by atoms with Crippen LogP contribution in [0.15, 0.2) is 48.5 Å². The van der Waals surface area contributed by atoms with Crippen LogP contribution in [0, 0.1) is 6.92 Å². The van der Waals surface area contributed by atoms with Gasteiger partial charge in [-0.05, 0) is 42.8 Å². The second-order valence-electron chi connectivity index (χ2n) is 4.21. The Bertz CT molecular complexity index is 561. The molecule has 2 rings (SSSR count). The van der Waals surface area contributed by atoms with Crippen molar-refractivity contribution in [2.45, 2.75) is 6.92 Å². The fourth-order valence-electron chi connectivity index (χ4n) is 1.82. The van der Waals surface area contributed by atoms with Crippen molar-refractivity contribution in [2.75, 3.05) is 13.7 Å². The molecule has 0 aliphatic carbocycles. The monoisotopic (exact) mass is 256 g/mol. The minimum atomic E-state index is -0.0380. The quantitative estimate of drug-likeness (QED) is 0.770. The van der Waals surface area contributed by atoms with Crippen LogP contribution >= 0.6 is 0 Å². The number of Topliss-reactive ketones (excluding diaryl/α,β-unsaturated/α-hetero) is 1. The Morgan fingerprint density at radius 2 is 1.79 bits per heavy atom. The van der Waals surface area contributed by atoms with Crippen LogP contribution in [0.4, 0.5) is 0 Å². The summed E-state index contributed by atoms with van der Waals surface area (Å²) < 4.78 is 10.6. The molecule has 0 fully saturated rings. The van der Waals surface area contributed by atoms with E-state index in [-0.39, 0.29) is 12.4 Å². The van der Waals surface area contributed by atoms with Crippen LogP contribution in [0.2, 0.25) is 0 Å². The first kappa shape index (κ1) is 13.1. The molecule has 0 unspecified atom stereocenters. The van der Waals surface area contributed by atoms with Crippen molar-refractivity contribution < 1.29 is 14.3 Å². The summed E-state index contributed by atoms with van der Waals surface area (Å²) in [4.78, 5) is 12.1. The highest BCUT2D eigenvalue weighted by Gasteiger charge is 2.10. The third kappa shape index (κ3) is 3.35. The van der Waals surface area contributed by atoms with Gasteiger partial charge in [0.1, 0.15) is 11.5 Å². The number of para-hydroxylation sites is 1. The minimum absolute atomic E-state index is 0.0380. The molecule has 0 heterocycles. The number of carbonyl (C=O) groups is 1. The largest absolute Gasteiger partial charge is 0.497 e. The lowest BCUT2D eigenvalue weighted by Crippen LogP contribution is -2.12. The lowest BCUT2D eigenvalue weighted by molar-refractivity contribution is 0.0921. The predicted molar refractivity (Wildman–Crippen MR) is 74.0 cm³/mol. The molecule has 2 aromatic rings.